The fraction of sp³-hybridized carbons (Fsp3) is 0.130. The number of benzene rings is 3. The molecule has 2 amide bonds. The number of nitrogens with one attached hydrogen (secondary N) is 2. The van der Waals surface area contributed by atoms with E-state index in [1.54, 1.807) is 18.2 Å². The van der Waals surface area contributed by atoms with Gasteiger partial charge in [-0.2, -0.15) is 0 Å². The molecule has 1 saturated carbocycles. The highest BCUT2D eigenvalue weighted by molar-refractivity contribution is 6.53. The molecule has 170 valence electrons. The predicted molar refractivity (Wildman–Crippen MR) is 127 cm³/mol. The molecule has 3 aromatic carbocycles. The summed E-state index contributed by atoms with van der Waals surface area (Å²) in [7, 11) is 0. The molecule has 33 heavy (non-hydrogen) atoms. The highest BCUT2D eigenvalue weighted by Gasteiger charge is 2.67. The molecule has 1 fully saturated rings. The molecule has 0 saturated heterocycles. The van der Waals surface area contributed by atoms with Gasteiger partial charge in [0.1, 0.15) is 16.0 Å². The van der Waals surface area contributed by atoms with E-state index in [1.165, 1.54) is 24.3 Å². The Labute approximate surface area is 207 Å². The van der Waals surface area contributed by atoms with E-state index in [-0.39, 0.29) is 16.9 Å². The summed E-state index contributed by atoms with van der Waals surface area (Å²) in [4.78, 5) is 25.3. The SMILES string of the molecule is O=C(Nc1ccc(F)cc1)c1cc(NC(=O)C2C(c3cc(Cl)cc(Cl)c3)C2(Cl)Cl)ccc1F. The molecule has 0 heterocycles. The Balaban J connectivity index is 1.50. The van der Waals surface area contributed by atoms with Gasteiger partial charge in [-0.25, -0.2) is 8.78 Å². The lowest BCUT2D eigenvalue weighted by Crippen LogP contribution is -2.18. The van der Waals surface area contributed by atoms with Crippen molar-refractivity contribution in [3.05, 3.63) is 93.5 Å². The van der Waals surface area contributed by atoms with Crippen molar-refractivity contribution in [2.24, 2.45) is 5.92 Å². The van der Waals surface area contributed by atoms with Gasteiger partial charge in [0.15, 0.2) is 0 Å². The van der Waals surface area contributed by atoms with Gasteiger partial charge >= 0.3 is 0 Å². The molecule has 2 unspecified atom stereocenters. The maximum atomic E-state index is 14.3. The molecule has 1 aliphatic rings. The first-order valence-corrected chi connectivity index (χ1v) is 11.1. The smallest absolute Gasteiger partial charge is 0.258 e. The van der Waals surface area contributed by atoms with Crippen LogP contribution in [0.2, 0.25) is 10.0 Å². The summed E-state index contributed by atoms with van der Waals surface area (Å²) in [5.41, 5.74) is 0.750. The molecule has 0 spiro atoms. The van der Waals surface area contributed by atoms with Crippen molar-refractivity contribution in [1.82, 2.24) is 0 Å². The van der Waals surface area contributed by atoms with E-state index in [4.69, 9.17) is 46.4 Å². The molecule has 4 nitrogen and oxygen atoms in total. The van der Waals surface area contributed by atoms with E-state index < -0.39 is 39.6 Å². The standard InChI is InChI=1S/C23H14Cl4F2N2O2/c24-12-7-11(8-13(25)9-12)19-20(23(19,26)27)22(33)31-16-5-6-18(29)17(10-16)21(32)30-15-3-1-14(28)2-4-15/h1-10,19-20H,(H,30,32)(H,31,33). The largest absolute Gasteiger partial charge is 0.326 e. The number of alkyl halides is 2. The third kappa shape index (κ3) is 5.09. The Morgan fingerprint density at radius 2 is 1.42 bits per heavy atom. The number of halogens is 6. The van der Waals surface area contributed by atoms with Crippen molar-refractivity contribution in [3.63, 3.8) is 0 Å². The summed E-state index contributed by atoms with van der Waals surface area (Å²) >= 11 is 24.8. The average molecular weight is 530 g/mol. The van der Waals surface area contributed by atoms with Crippen LogP contribution in [-0.4, -0.2) is 16.1 Å². The monoisotopic (exact) mass is 528 g/mol. The molecular formula is C23H14Cl4F2N2O2. The molecule has 2 atom stereocenters. The lowest BCUT2D eigenvalue weighted by atomic mass is 10.1. The average Bonchev–Trinajstić information content (AvgIpc) is 3.32. The van der Waals surface area contributed by atoms with Crippen LogP contribution in [-0.2, 0) is 4.79 Å². The van der Waals surface area contributed by atoms with E-state index in [1.807, 2.05) is 0 Å². The molecular weight excluding hydrogens is 516 g/mol. The molecule has 0 bridgehead atoms. The maximum Gasteiger partial charge on any atom is 0.258 e. The van der Waals surface area contributed by atoms with Gasteiger partial charge in [0.2, 0.25) is 5.91 Å². The first-order valence-electron chi connectivity index (χ1n) is 9.57. The molecule has 10 heteroatoms. The van der Waals surface area contributed by atoms with E-state index in [2.05, 4.69) is 10.6 Å². The lowest BCUT2D eigenvalue weighted by Gasteiger charge is -2.10. The molecule has 0 aromatic heterocycles. The second-order valence-corrected chi connectivity index (χ2v) is 9.79. The van der Waals surface area contributed by atoms with Crippen LogP contribution in [0.15, 0.2) is 60.7 Å². The molecule has 1 aliphatic carbocycles. The summed E-state index contributed by atoms with van der Waals surface area (Å²) in [5, 5.41) is 5.84. The van der Waals surface area contributed by atoms with Crippen molar-refractivity contribution >= 4 is 69.6 Å². The van der Waals surface area contributed by atoms with Crippen LogP contribution in [0.5, 0.6) is 0 Å². The first kappa shape index (κ1) is 23.8. The van der Waals surface area contributed by atoms with Gasteiger partial charge in [0.25, 0.3) is 5.91 Å². The Bertz CT molecular complexity index is 1230. The summed E-state index contributed by atoms with van der Waals surface area (Å²) in [6.07, 6.45) is 0. The van der Waals surface area contributed by atoms with Crippen molar-refractivity contribution in [2.75, 3.05) is 10.6 Å². The number of carbonyl (C=O) groups excluding carboxylic acids is 2. The third-order valence-electron chi connectivity index (χ3n) is 5.16. The van der Waals surface area contributed by atoms with Gasteiger partial charge in [-0.05, 0) is 66.2 Å². The van der Waals surface area contributed by atoms with Gasteiger partial charge in [0.05, 0.1) is 11.5 Å². The zero-order valence-corrected chi connectivity index (χ0v) is 19.5. The first-order chi connectivity index (χ1) is 15.6. The Morgan fingerprint density at radius 3 is 2.06 bits per heavy atom. The summed E-state index contributed by atoms with van der Waals surface area (Å²) in [5.74, 6) is -3.93. The fourth-order valence-corrected chi connectivity index (χ4v) is 4.92. The van der Waals surface area contributed by atoms with Crippen LogP contribution in [0.4, 0.5) is 20.2 Å². The van der Waals surface area contributed by atoms with E-state index in [0.29, 0.717) is 15.6 Å². The third-order valence-corrected chi connectivity index (χ3v) is 6.54. The van der Waals surface area contributed by atoms with E-state index in [9.17, 15) is 18.4 Å². The van der Waals surface area contributed by atoms with Crippen molar-refractivity contribution in [2.45, 2.75) is 10.3 Å². The molecule has 2 N–H and O–H groups in total. The van der Waals surface area contributed by atoms with Crippen LogP contribution in [0, 0.1) is 17.6 Å². The van der Waals surface area contributed by atoms with Crippen LogP contribution in [0.1, 0.15) is 21.8 Å². The zero-order chi connectivity index (χ0) is 23.9. The lowest BCUT2D eigenvalue weighted by molar-refractivity contribution is -0.117. The van der Waals surface area contributed by atoms with Crippen molar-refractivity contribution < 1.29 is 18.4 Å². The minimum absolute atomic E-state index is 0.171. The number of rotatable bonds is 5. The topological polar surface area (TPSA) is 58.2 Å². The minimum Gasteiger partial charge on any atom is -0.326 e. The Kier molecular flexibility index (Phi) is 6.56. The number of anilines is 2. The van der Waals surface area contributed by atoms with Crippen LogP contribution < -0.4 is 10.6 Å². The second-order valence-electron chi connectivity index (χ2n) is 7.48. The van der Waals surface area contributed by atoms with Gasteiger partial charge in [-0.15, -0.1) is 23.2 Å². The second kappa shape index (κ2) is 9.11. The van der Waals surface area contributed by atoms with Crippen LogP contribution in [0.25, 0.3) is 0 Å². The van der Waals surface area contributed by atoms with Gasteiger partial charge in [0, 0.05) is 27.3 Å². The summed E-state index contributed by atoms with van der Waals surface area (Å²) in [6.45, 7) is 0. The van der Waals surface area contributed by atoms with Gasteiger partial charge in [-0.1, -0.05) is 23.2 Å². The Morgan fingerprint density at radius 1 is 0.818 bits per heavy atom. The Hall–Kier alpha value is -2.38. The van der Waals surface area contributed by atoms with Gasteiger partial charge in [-0.3, -0.25) is 9.59 Å². The summed E-state index contributed by atoms with van der Waals surface area (Å²) < 4.78 is 25.9. The number of carbonyl (C=O) groups is 2. The maximum absolute atomic E-state index is 14.3. The molecule has 0 radical (unpaired) electrons. The zero-order valence-electron chi connectivity index (χ0n) is 16.5. The minimum atomic E-state index is -1.39. The van der Waals surface area contributed by atoms with E-state index >= 15 is 0 Å². The quantitative estimate of drug-likeness (QED) is 0.348. The van der Waals surface area contributed by atoms with Crippen molar-refractivity contribution in [1.29, 1.82) is 0 Å². The summed E-state index contributed by atoms with van der Waals surface area (Å²) in [6, 6.07) is 13.3. The highest BCUT2D eigenvalue weighted by Crippen LogP contribution is 2.65. The van der Waals surface area contributed by atoms with Crippen molar-refractivity contribution in [3.8, 4) is 0 Å². The van der Waals surface area contributed by atoms with Gasteiger partial charge < -0.3 is 10.6 Å². The fourth-order valence-electron chi connectivity index (χ4n) is 3.55. The van der Waals surface area contributed by atoms with Crippen LogP contribution >= 0.6 is 46.4 Å². The number of hydrogen-bond acceptors (Lipinski definition) is 2. The number of hydrogen-bond donors (Lipinski definition) is 2. The van der Waals surface area contributed by atoms with E-state index in [0.717, 1.165) is 18.2 Å². The highest BCUT2D eigenvalue weighted by atomic mass is 35.5. The molecule has 4 rings (SSSR count). The normalized spacial score (nSPS) is 18.5. The van der Waals surface area contributed by atoms with Crippen LogP contribution in [0.3, 0.4) is 0 Å². The molecule has 3 aromatic rings. The predicted octanol–water partition coefficient (Wildman–Crippen LogP) is 7.05. The molecule has 0 aliphatic heterocycles. The number of amides is 2.